The van der Waals surface area contributed by atoms with Gasteiger partial charge in [0.15, 0.2) is 16.6 Å². The van der Waals surface area contributed by atoms with Gasteiger partial charge >= 0.3 is 0 Å². The molecule has 0 fully saturated rings. The Morgan fingerprint density at radius 1 is 0.846 bits per heavy atom. The molecule has 7 heteroatoms. The summed E-state index contributed by atoms with van der Waals surface area (Å²) in [7, 11) is 0.865. The molecule has 0 aromatic rings. The van der Waals surface area contributed by atoms with Crippen LogP contribution in [0.5, 0.6) is 0 Å². The number of carbonyl (C=O) groups is 1. The van der Waals surface area contributed by atoms with Gasteiger partial charge in [-0.25, -0.2) is 0 Å². The second-order valence-corrected chi connectivity index (χ2v) is 16.6. The van der Waals surface area contributed by atoms with E-state index < -0.39 is 16.6 Å². The number of carbonyl (C=O) groups excluding carboxylic acids is 1. The monoisotopic (exact) mass is 416 g/mol. The van der Waals surface area contributed by atoms with Crippen LogP contribution in [-0.2, 0) is 23.1 Å². The van der Waals surface area contributed by atoms with Crippen molar-refractivity contribution in [2.45, 2.75) is 88.4 Å². The van der Waals surface area contributed by atoms with E-state index in [2.05, 4.69) is 39.3 Å². The molecular formula is C19H52O5Si2. The SMILES string of the molecule is C.C.C.CC(C)=O.COCCOCC(C)OC.C[Si](C)(C)O[Si](C)(C)C. The highest BCUT2D eigenvalue weighted by Crippen LogP contribution is 2.12. The van der Waals surface area contributed by atoms with Crippen molar-refractivity contribution in [3.8, 4) is 0 Å². The van der Waals surface area contributed by atoms with Gasteiger partial charge in [-0.1, -0.05) is 22.3 Å². The van der Waals surface area contributed by atoms with Gasteiger partial charge in [-0.05, 0) is 60.1 Å². The van der Waals surface area contributed by atoms with Crippen molar-refractivity contribution in [2.24, 2.45) is 0 Å². The number of methoxy groups -OCH3 is 2. The van der Waals surface area contributed by atoms with E-state index >= 15 is 0 Å². The van der Waals surface area contributed by atoms with E-state index in [4.69, 9.17) is 18.3 Å². The molecule has 0 saturated carbocycles. The van der Waals surface area contributed by atoms with Crippen LogP contribution in [0, 0.1) is 0 Å². The van der Waals surface area contributed by atoms with Gasteiger partial charge in [0.05, 0.1) is 25.9 Å². The van der Waals surface area contributed by atoms with Crippen molar-refractivity contribution in [3.05, 3.63) is 0 Å². The first-order chi connectivity index (χ1) is 10.2. The van der Waals surface area contributed by atoms with Crippen LogP contribution in [0.15, 0.2) is 0 Å². The zero-order valence-electron chi connectivity index (χ0n) is 17.2. The number of hydrogen-bond acceptors (Lipinski definition) is 5. The zero-order valence-corrected chi connectivity index (χ0v) is 19.2. The lowest BCUT2D eigenvalue weighted by Crippen LogP contribution is -2.39. The van der Waals surface area contributed by atoms with Crippen LogP contribution in [0.2, 0.25) is 39.3 Å². The summed E-state index contributed by atoms with van der Waals surface area (Å²) in [6.07, 6.45) is 0.178. The Morgan fingerprint density at radius 3 is 1.38 bits per heavy atom. The van der Waals surface area contributed by atoms with Crippen LogP contribution in [0.1, 0.15) is 43.1 Å². The predicted molar refractivity (Wildman–Crippen MR) is 123 cm³/mol. The van der Waals surface area contributed by atoms with Gasteiger partial charge in [0, 0.05) is 14.2 Å². The van der Waals surface area contributed by atoms with E-state index in [1.165, 1.54) is 13.8 Å². The molecule has 166 valence electrons. The average molecular weight is 417 g/mol. The largest absolute Gasteiger partial charge is 0.456 e. The van der Waals surface area contributed by atoms with Crippen LogP contribution < -0.4 is 0 Å². The van der Waals surface area contributed by atoms with Gasteiger partial charge < -0.3 is 23.1 Å². The van der Waals surface area contributed by atoms with Crippen LogP contribution in [0.25, 0.3) is 0 Å². The van der Waals surface area contributed by atoms with Gasteiger partial charge in [0.25, 0.3) is 0 Å². The lowest BCUT2D eigenvalue weighted by atomic mass is 10.4. The molecule has 26 heavy (non-hydrogen) atoms. The van der Waals surface area contributed by atoms with E-state index in [-0.39, 0.29) is 34.2 Å². The molecule has 1 atom stereocenters. The molecule has 0 amide bonds. The highest BCUT2D eigenvalue weighted by atomic mass is 28.4. The maximum absolute atomic E-state index is 9.44. The van der Waals surface area contributed by atoms with Gasteiger partial charge in [-0.3, -0.25) is 0 Å². The van der Waals surface area contributed by atoms with E-state index in [1.807, 2.05) is 6.92 Å². The Morgan fingerprint density at radius 2 is 1.19 bits per heavy atom. The van der Waals surface area contributed by atoms with Crippen molar-refractivity contribution in [3.63, 3.8) is 0 Å². The Labute approximate surface area is 168 Å². The molecule has 0 aliphatic carbocycles. The lowest BCUT2D eigenvalue weighted by molar-refractivity contribution is -0.114. The Bertz CT molecular complexity index is 258. The average Bonchev–Trinajstić information content (AvgIpc) is 2.29. The smallest absolute Gasteiger partial charge is 0.170 e. The summed E-state index contributed by atoms with van der Waals surface area (Å²) in [5.74, 6) is 0.167. The van der Waals surface area contributed by atoms with E-state index in [0.29, 0.717) is 19.8 Å². The second-order valence-electron chi connectivity index (χ2n) is 7.35. The van der Waals surface area contributed by atoms with Crippen molar-refractivity contribution in [1.82, 2.24) is 0 Å². The van der Waals surface area contributed by atoms with E-state index in [9.17, 15) is 4.79 Å². The molecule has 0 aliphatic rings. The Hall–Kier alpha value is -0.0562. The fourth-order valence-corrected chi connectivity index (χ4v) is 8.73. The summed E-state index contributed by atoms with van der Waals surface area (Å²) in [5.41, 5.74) is 0. The molecule has 0 rings (SSSR count). The molecule has 0 aromatic carbocycles. The minimum atomic E-state index is -1.23. The summed E-state index contributed by atoms with van der Waals surface area (Å²) in [5, 5.41) is 0. The summed E-state index contributed by atoms with van der Waals surface area (Å²) >= 11 is 0. The van der Waals surface area contributed by atoms with Crippen LogP contribution in [-0.4, -0.2) is 62.6 Å². The summed E-state index contributed by atoms with van der Waals surface area (Å²) in [6.45, 7) is 20.4. The molecule has 0 heterocycles. The quantitative estimate of drug-likeness (QED) is 0.366. The summed E-state index contributed by atoms with van der Waals surface area (Å²) in [6, 6.07) is 0. The fourth-order valence-electron chi connectivity index (χ4n) is 1.38. The van der Waals surface area contributed by atoms with Gasteiger partial charge in [0.1, 0.15) is 5.78 Å². The lowest BCUT2D eigenvalue weighted by Gasteiger charge is -2.27. The third kappa shape index (κ3) is 64.8. The molecule has 0 aliphatic heterocycles. The number of hydrogen-bond donors (Lipinski definition) is 0. The summed E-state index contributed by atoms with van der Waals surface area (Å²) in [4.78, 5) is 9.44. The minimum absolute atomic E-state index is 0. The zero-order chi connectivity index (χ0) is 19.1. The van der Waals surface area contributed by atoms with Gasteiger partial charge in [-0.2, -0.15) is 0 Å². The first-order valence-electron chi connectivity index (χ1n) is 8.02. The van der Waals surface area contributed by atoms with E-state index in [0.717, 1.165) is 0 Å². The molecule has 0 spiro atoms. The van der Waals surface area contributed by atoms with Gasteiger partial charge in [-0.15, -0.1) is 0 Å². The third-order valence-corrected chi connectivity index (χ3v) is 6.70. The minimum Gasteiger partial charge on any atom is -0.456 e. The maximum atomic E-state index is 9.44. The molecule has 0 aromatic heterocycles. The van der Waals surface area contributed by atoms with Crippen LogP contribution in [0.3, 0.4) is 0 Å². The molecule has 0 bridgehead atoms. The predicted octanol–water partition coefficient (Wildman–Crippen LogP) is 5.86. The van der Waals surface area contributed by atoms with Gasteiger partial charge in [0.2, 0.25) is 0 Å². The molecule has 0 radical (unpaired) electrons. The molecule has 1 unspecified atom stereocenters. The normalized spacial score (nSPS) is 11.0. The first kappa shape index (κ1) is 40.6. The number of ketones is 1. The Kier molecular flexibility index (Phi) is 35.9. The number of Topliss-reactive ketones (excluding diaryl/α,β-unsaturated/α-hetero) is 1. The third-order valence-electron chi connectivity index (χ3n) is 1.80. The molecule has 0 saturated heterocycles. The highest BCUT2D eigenvalue weighted by molar-refractivity contribution is 6.83. The van der Waals surface area contributed by atoms with Crippen molar-refractivity contribution in [2.75, 3.05) is 34.0 Å². The van der Waals surface area contributed by atoms with Crippen LogP contribution in [0.4, 0.5) is 0 Å². The number of ether oxygens (including phenoxy) is 3. The first-order valence-corrected chi connectivity index (χ1v) is 14.8. The van der Waals surface area contributed by atoms with Crippen molar-refractivity contribution < 1.29 is 23.1 Å². The van der Waals surface area contributed by atoms with E-state index in [1.54, 1.807) is 14.2 Å². The number of rotatable bonds is 8. The fraction of sp³-hybridized carbons (Fsp3) is 0.947. The highest BCUT2D eigenvalue weighted by Gasteiger charge is 2.24. The summed E-state index contributed by atoms with van der Waals surface area (Å²) < 4.78 is 20.8. The van der Waals surface area contributed by atoms with Crippen molar-refractivity contribution in [1.29, 1.82) is 0 Å². The topological polar surface area (TPSA) is 54.0 Å². The Balaban J connectivity index is -0.0000000585. The standard InChI is InChI=1S/C7H16O3.C6H18OSi2.C3H6O.3CH4/c1-7(9-3)6-10-5-4-8-2;1-8(2,3)7-9(4,5)6;1-3(2)4;;;/h7H,4-6H2,1-3H3;1-6H3;1-2H3;3*1H4. The second kappa shape index (κ2) is 23.0. The maximum Gasteiger partial charge on any atom is 0.170 e. The van der Waals surface area contributed by atoms with Crippen LogP contribution >= 0.6 is 0 Å². The van der Waals surface area contributed by atoms with Crippen molar-refractivity contribution >= 4 is 22.4 Å². The molecule has 0 N–H and O–H groups in total. The molecule has 5 nitrogen and oxygen atoms in total. The molecular weight excluding hydrogens is 364 g/mol.